The number of esters is 1. The molecule has 0 spiro atoms. The van der Waals surface area contributed by atoms with E-state index in [1.165, 1.54) is 0 Å². The fourth-order valence-electron chi connectivity index (χ4n) is 2.47. The van der Waals surface area contributed by atoms with Gasteiger partial charge in [0, 0.05) is 12.1 Å². The van der Waals surface area contributed by atoms with Crippen molar-refractivity contribution >= 4 is 23.1 Å². The van der Waals surface area contributed by atoms with E-state index in [-0.39, 0.29) is 29.6 Å². The van der Waals surface area contributed by atoms with Crippen LogP contribution in [0.3, 0.4) is 0 Å². The minimum Gasteiger partial charge on any atom is -0.462 e. The summed E-state index contributed by atoms with van der Waals surface area (Å²) >= 11 is 0. The van der Waals surface area contributed by atoms with Gasteiger partial charge in [-0.15, -0.1) is 0 Å². The second kappa shape index (κ2) is 6.44. The van der Waals surface area contributed by atoms with Crippen LogP contribution >= 0.6 is 0 Å². The van der Waals surface area contributed by atoms with E-state index in [0.29, 0.717) is 12.1 Å². The number of benzene rings is 1. The molecule has 1 aromatic rings. The molecule has 114 valence electrons. The Hall–Kier alpha value is -2.61. The lowest BCUT2D eigenvalue weighted by atomic mass is 10.0. The second-order valence-corrected chi connectivity index (χ2v) is 5.41. The number of ether oxygens (including phenoxy) is 1. The zero-order chi connectivity index (χ0) is 16.3. The third-order valence-electron chi connectivity index (χ3n) is 3.31. The lowest BCUT2D eigenvalue weighted by Gasteiger charge is -2.19. The van der Waals surface area contributed by atoms with Crippen molar-refractivity contribution in [1.82, 2.24) is 0 Å². The van der Waals surface area contributed by atoms with E-state index in [1.54, 1.807) is 24.0 Å². The molecule has 1 heterocycles. The molecule has 1 aliphatic rings. The minimum absolute atomic E-state index is 0.136. The SMILES string of the molecule is CCOC(=O)C(C#N)=C1C(=O)N(CC(C)C)c2ccccc21. The molecule has 0 saturated carbocycles. The van der Waals surface area contributed by atoms with Gasteiger partial charge < -0.3 is 9.64 Å². The number of hydrogen-bond donors (Lipinski definition) is 0. The molecular weight excluding hydrogens is 280 g/mol. The zero-order valence-electron chi connectivity index (χ0n) is 12.9. The lowest BCUT2D eigenvalue weighted by Crippen LogP contribution is -2.30. The Morgan fingerprint density at radius 2 is 2.05 bits per heavy atom. The molecule has 1 aromatic carbocycles. The second-order valence-electron chi connectivity index (χ2n) is 5.41. The van der Waals surface area contributed by atoms with Crippen LogP contribution < -0.4 is 4.90 Å². The quantitative estimate of drug-likeness (QED) is 0.486. The van der Waals surface area contributed by atoms with Crippen LogP contribution in [0.4, 0.5) is 5.69 Å². The van der Waals surface area contributed by atoms with Crippen molar-refractivity contribution in [2.24, 2.45) is 5.92 Å². The Labute approximate surface area is 129 Å². The molecule has 0 radical (unpaired) electrons. The zero-order valence-corrected chi connectivity index (χ0v) is 12.9. The van der Waals surface area contributed by atoms with Crippen LogP contribution in [0, 0.1) is 17.2 Å². The Balaban J connectivity index is 2.60. The van der Waals surface area contributed by atoms with E-state index in [0.717, 1.165) is 5.69 Å². The standard InChI is InChI=1S/C17H18N2O3/c1-4-22-17(21)13(9-18)15-12-7-5-6-8-14(12)19(16(15)20)10-11(2)3/h5-8,11H,4,10H2,1-3H3. The fourth-order valence-corrected chi connectivity index (χ4v) is 2.47. The summed E-state index contributed by atoms with van der Waals surface area (Å²) in [6.07, 6.45) is 0. The highest BCUT2D eigenvalue weighted by molar-refractivity contribution is 6.36. The van der Waals surface area contributed by atoms with Gasteiger partial charge in [0.1, 0.15) is 6.07 Å². The number of nitriles is 1. The van der Waals surface area contributed by atoms with Crippen LogP contribution in [0.1, 0.15) is 26.3 Å². The molecule has 5 nitrogen and oxygen atoms in total. The van der Waals surface area contributed by atoms with Gasteiger partial charge in [-0.05, 0) is 18.9 Å². The van der Waals surface area contributed by atoms with Crippen molar-refractivity contribution in [1.29, 1.82) is 5.26 Å². The van der Waals surface area contributed by atoms with Crippen molar-refractivity contribution in [2.75, 3.05) is 18.1 Å². The molecule has 0 N–H and O–H groups in total. The van der Waals surface area contributed by atoms with Gasteiger partial charge in [0.2, 0.25) is 0 Å². The van der Waals surface area contributed by atoms with Crippen molar-refractivity contribution < 1.29 is 14.3 Å². The predicted molar refractivity (Wildman–Crippen MR) is 82.8 cm³/mol. The normalized spacial score (nSPS) is 15.6. The maximum Gasteiger partial charge on any atom is 0.349 e. The number of carbonyl (C=O) groups is 2. The summed E-state index contributed by atoms with van der Waals surface area (Å²) in [7, 11) is 0. The Morgan fingerprint density at radius 1 is 1.36 bits per heavy atom. The molecule has 0 saturated heterocycles. The molecule has 1 amide bonds. The lowest BCUT2D eigenvalue weighted by molar-refractivity contribution is -0.138. The molecule has 0 atom stereocenters. The fraction of sp³-hybridized carbons (Fsp3) is 0.353. The third kappa shape index (κ3) is 2.73. The van der Waals surface area contributed by atoms with Crippen LogP contribution in [0.25, 0.3) is 5.57 Å². The maximum atomic E-state index is 12.7. The monoisotopic (exact) mass is 298 g/mol. The van der Waals surface area contributed by atoms with Crippen molar-refractivity contribution in [3.63, 3.8) is 0 Å². The van der Waals surface area contributed by atoms with Crippen LogP contribution in [-0.4, -0.2) is 25.0 Å². The Bertz CT molecular complexity index is 683. The van der Waals surface area contributed by atoms with Gasteiger partial charge in [0.15, 0.2) is 5.57 Å². The van der Waals surface area contributed by atoms with Gasteiger partial charge in [-0.2, -0.15) is 5.26 Å². The number of hydrogen-bond acceptors (Lipinski definition) is 4. The average Bonchev–Trinajstić information content (AvgIpc) is 2.74. The van der Waals surface area contributed by atoms with E-state index in [2.05, 4.69) is 0 Å². The molecule has 2 rings (SSSR count). The Kier molecular flexibility index (Phi) is 4.62. The van der Waals surface area contributed by atoms with E-state index in [9.17, 15) is 14.9 Å². The number of anilines is 1. The van der Waals surface area contributed by atoms with Gasteiger partial charge in [0.05, 0.1) is 17.9 Å². The van der Waals surface area contributed by atoms with Gasteiger partial charge >= 0.3 is 5.97 Å². The number of amides is 1. The van der Waals surface area contributed by atoms with Crippen LogP contribution in [0.15, 0.2) is 29.8 Å². The number of para-hydroxylation sites is 1. The molecule has 1 aliphatic heterocycles. The van der Waals surface area contributed by atoms with E-state index in [1.807, 2.05) is 32.0 Å². The highest BCUT2D eigenvalue weighted by Gasteiger charge is 2.36. The van der Waals surface area contributed by atoms with Crippen molar-refractivity contribution in [3.8, 4) is 6.07 Å². The number of rotatable bonds is 4. The summed E-state index contributed by atoms with van der Waals surface area (Å²) in [5.74, 6) is -0.807. The van der Waals surface area contributed by atoms with Crippen LogP contribution in [0.2, 0.25) is 0 Å². The summed E-state index contributed by atoms with van der Waals surface area (Å²) in [5.41, 5.74) is 1.24. The predicted octanol–water partition coefficient (Wildman–Crippen LogP) is 2.53. The smallest absolute Gasteiger partial charge is 0.349 e. The summed E-state index contributed by atoms with van der Waals surface area (Å²) in [5, 5.41) is 9.32. The largest absolute Gasteiger partial charge is 0.462 e. The van der Waals surface area contributed by atoms with E-state index in [4.69, 9.17) is 4.74 Å². The van der Waals surface area contributed by atoms with Crippen LogP contribution in [0.5, 0.6) is 0 Å². The van der Waals surface area contributed by atoms with Gasteiger partial charge in [-0.25, -0.2) is 4.79 Å². The van der Waals surface area contributed by atoms with Gasteiger partial charge in [-0.3, -0.25) is 4.79 Å². The topological polar surface area (TPSA) is 70.4 Å². The van der Waals surface area contributed by atoms with E-state index < -0.39 is 5.97 Å². The van der Waals surface area contributed by atoms with Gasteiger partial charge in [0.25, 0.3) is 5.91 Å². The molecule has 0 unspecified atom stereocenters. The maximum absolute atomic E-state index is 12.7. The summed E-state index contributed by atoms with van der Waals surface area (Å²) in [6.45, 7) is 6.36. The summed E-state index contributed by atoms with van der Waals surface area (Å²) < 4.78 is 4.90. The van der Waals surface area contributed by atoms with Gasteiger partial charge in [-0.1, -0.05) is 32.0 Å². The van der Waals surface area contributed by atoms with Crippen molar-refractivity contribution in [3.05, 3.63) is 35.4 Å². The molecule has 0 fully saturated rings. The highest BCUT2D eigenvalue weighted by atomic mass is 16.5. The number of fused-ring (bicyclic) bond motifs is 1. The molecule has 0 aliphatic carbocycles. The molecule has 0 aromatic heterocycles. The number of carbonyl (C=O) groups excluding carboxylic acids is 2. The number of nitrogens with zero attached hydrogens (tertiary/aromatic N) is 2. The summed E-state index contributed by atoms with van der Waals surface area (Å²) in [6, 6.07) is 9.02. The highest BCUT2D eigenvalue weighted by Crippen LogP contribution is 2.38. The first-order valence-corrected chi connectivity index (χ1v) is 7.24. The molecule has 0 bridgehead atoms. The summed E-state index contributed by atoms with van der Waals surface area (Å²) in [4.78, 5) is 26.3. The first-order chi connectivity index (χ1) is 10.5. The molecule has 22 heavy (non-hydrogen) atoms. The van der Waals surface area contributed by atoms with Crippen LogP contribution in [-0.2, 0) is 14.3 Å². The third-order valence-corrected chi connectivity index (χ3v) is 3.31. The first-order valence-electron chi connectivity index (χ1n) is 7.24. The Morgan fingerprint density at radius 3 is 2.64 bits per heavy atom. The first kappa shape index (κ1) is 15.8. The minimum atomic E-state index is -0.755. The van der Waals surface area contributed by atoms with E-state index >= 15 is 0 Å². The van der Waals surface area contributed by atoms with Crippen molar-refractivity contribution in [2.45, 2.75) is 20.8 Å². The molecule has 5 heteroatoms. The average molecular weight is 298 g/mol. The molecular formula is C17H18N2O3.